The van der Waals surface area contributed by atoms with Crippen molar-refractivity contribution in [1.82, 2.24) is 10.2 Å². The Morgan fingerprint density at radius 3 is 2.27 bits per heavy atom. The Morgan fingerprint density at radius 1 is 1.06 bits per heavy atom. The zero-order valence-electron chi connectivity index (χ0n) is 19.0. The van der Waals surface area contributed by atoms with Gasteiger partial charge in [0.25, 0.3) is 0 Å². The molecule has 0 saturated heterocycles. The van der Waals surface area contributed by atoms with Crippen LogP contribution in [0.2, 0.25) is 0 Å². The molecule has 7 nitrogen and oxygen atoms in total. The number of rotatable bonds is 7. The summed E-state index contributed by atoms with van der Waals surface area (Å²) in [4.78, 5) is 37.7. The summed E-state index contributed by atoms with van der Waals surface area (Å²) in [6, 6.07) is 16.3. The van der Waals surface area contributed by atoms with Gasteiger partial charge in [-0.1, -0.05) is 55.5 Å². The number of nitrogens with one attached hydrogen (secondary N) is 1. The first-order valence-corrected chi connectivity index (χ1v) is 11.4. The fourth-order valence-electron chi connectivity index (χ4n) is 5.03. The molecule has 0 heterocycles. The summed E-state index contributed by atoms with van der Waals surface area (Å²) in [6.07, 6.45) is 1.43. The summed E-state index contributed by atoms with van der Waals surface area (Å²) < 4.78 is 5.61. The third-order valence-electron chi connectivity index (χ3n) is 6.79. The van der Waals surface area contributed by atoms with E-state index in [2.05, 4.69) is 29.6 Å². The molecular weight excluding hydrogens is 420 g/mol. The van der Waals surface area contributed by atoms with Crippen LogP contribution in [0.1, 0.15) is 43.2 Å². The van der Waals surface area contributed by atoms with Crippen molar-refractivity contribution in [2.24, 2.45) is 11.8 Å². The van der Waals surface area contributed by atoms with Crippen molar-refractivity contribution in [3.05, 3.63) is 59.7 Å². The topological polar surface area (TPSA) is 95.9 Å². The normalized spacial score (nSPS) is 19.9. The maximum Gasteiger partial charge on any atom is 0.407 e. The van der Waals surface area contributed by atoms with E-state index in [1.54, 1.807) is 14.0 Å². The van der Waals surface area contributed by atoms with Gasteiger partial charge in [-0.2, -0.15) is 0 Å². The number of benzene rings is 2. The van der Waals surface area contributed by atoms with Crippen LogP contribution in [0, 0.1) is 11.8 Å². The summed E-state index contributed by atoms with van der Waals surface area (Å²) in [7, 11) is 1.63. The second-order valence-electron chi connectivity index (χ2n) is 9.13. The van der Waals surface area contributed by atoms with E-state index >= 15 is 0 Å². The number of fused-ring (bicyclic) bond motifs is 3. The van der Waals surface area contributed by atoms with Crippen LogP contribution in [0.15, 0.2) is 48.5 Å². The summed E-state index contributed by atoms with van der Waals surface area (Å²) in [5, 5.41) is 12.0. The van der Waals surface area contributed by atoms with Gasteiger partial charge < -0.3 is 20.1 Å². The SMILES string of the molecule is CC(CN(C)C(=O)[C@@H]1CC[C@H](NC(=O)OCC2c3ccccc3-c3ccccc32)C1)C(=O)O. The van der Waals surface area contributed by atoms with Crippen LogP contribution in [0.25, 0.3) is 11.1 Å². The summed E-state index contributed by atoms with van der Waals surface area (Å²) in [6.45, 7) is 2.02. The number of nitrogens with zero attached hydrogens (tertiary/aromatic N) is 1. The van der Waals surface area contributed by atoms with Gasteiger partial charge in [-0.15, -0.1) is 0 Å². The van der Waals surface area contributed by atoms with Gasteiger partial charge in [0, 0.05) is 31.5 Å². The van der Waals surface area contributed by atoms with E-state index < -0.39 is 18.0 Å². The average Bonchev–Trinajstić information content (AvgIpc) is 3.39. The Kier molecular flexibility index (Phi) is 6.67. The smallest absolute Gasteiger partial charge is 0.407 e. The molecule has 0 aromatic heterocycles. The molecule has 1 saturated carbocycles. The molecule has 33 heavy (non-hydrogen) atoms. The van der Waals surface area contributed by atoms with Gasteiger partial charge in [-0.05, 0) is 41.5 Å². The van der Waals surface area contributed by atoms with Crippen LogP contribution in [-0.4, -0.2) is 54.2 Å². The minimum atomic E-state index is -0.920. The van der Waals surface area contributed by atoms with E-state index in [9.17, 15) is 14.4 Å². The molecule has 0 bridgehead atoms. The second kappa shape index (κ2) is 9.65. The minimum absolute atomic E-state index is 0.00549. The van der Waals surface area contributed by atoms with Gasteiger partial charge in [-0.3, -0.25) is 9.59 Å². The van der Waals surface area contributed by atoms with Crippen LogP contribution >= 0.6 is 0 Å². The number of carbonyl (C=O) groups is 3. The fourth-order valence-corrected chi connectivity index (χ4v) is 5.03. The Hall–Kier alpha value is -3.35. The van der Waals surface area contributed by atoms with Crippen LogP contribution in [0.5, 0.6) is 0 Å². The molecule has 2 aliphatic carbocycles. The summed E-state index contributed by atoms with van der Waals surface area (Å²) in [5.41, 5.74) is 4.69. The molecule has 3 atom stereocenters. The first-order chi connectivity index (χ1) is 15.8. The van der Waals surface area contributed by atoms with Crippen LogP contribution in [0.3, 0.4) is 0 Å². The predicted octanol–water partition coefficient (Wildman–Crippen LogP) is 3.87. The van der Waals surface area contributed by atoms with Gasteiger partial charge in [0.15, 0.2) is 0 Å². The summed E-state index contributed by atoms with van der Waals surface area (Å²) >= 11 is 0. The molecule has 0 radical (unpaired) electrons. The first kappa shape index (κ1) is 22.8. The third-order valence-corrected chi connectivity index (χ3v) is 6.79. The monoisotopic (exact) mass is 450 g/mol. The number of ether oxygens (including phenoxy) is 1. The number of carboxylic acid groups (broad SMARTS) is 1. The van der Waals surface area contributed by atoms with Gasteiger partial charge in [0.1, 0.15) is 6.61 Å². The Bertz CT molecular complexity index is 1010. The molecule has 1 unspecified atom stereocenters. The van der Waals surface area contributed by atoms with Gasteiger partial charge in [0.2, 0.25) is 5.91 Å². The van der Waals surface area contributed by atoms with Crippen molar-refractivity contribution in [3.8, 4) is 11.1 Å². The van der Waals surface area contributed by atoms with Crippen molar-refractivity contribution >= 4 is 18.0 Å². The number of aliphatic carboxylic acids is 1. The lowest BCUT2D eigenvalue weighted by molar-refractivity contribution is -0.143. The number of alkyl carbamates (subject to hydrolysis) is 1. The van der Waals surface area contributed by atoms with Crippen molar-refractivity contribution in [3.63, 3.8) is 0 Å². The van der Waals surface area contributed by atoms with E-state index in [0.717, 1.165) is 11.1 Å². The molecule has 2 aromatic carbocycles. The maximum absolute atomic E-state index is 12.7. The Morgan fingerprint density at radius 2 is 1.67 bits per heavy atom. The highest BCUT2D eigenvalue weighted by Crippen LogP contribution is 2.44. The lowest BCUT2D eigenvalue weighted by atomic mass is 9.98. The zero-order valence-corrected chi connectivity index (χ0v) is 19.0. The quantitative estimate of drug-likeness (QED) is 0.668. The molecule has 0 aliphatic heterocycles. The van der Waals surface area contributed by atoms with Crippen LogP contribution < -0.4 is 5.32 Å². The number of carbonyl (C=O) groups excluding carboxylic acids is 2. The van der Waals surface area contributed by atoms with E-state index in [1.165, 1.54) is 16.0 Å². The first-order valence-electron chi connectivity index (χ1n) is 11.4. The lowest BCUT2D eigenvalue weighted by Crippen LogP contribution is -2.38. The number of hydrogen-bond acceptors (Lipinski definition) is 4. The number of amides is 2. The zero-order chi connectivity index (χ0) is 23.5. The highest BCUT2D eigenvalue weighted by Gasteiger charge is 2.34. The Labute approximate surface area is 193 Å². The molecular formula is C26H30N2O5. The van der Waals surface area contributed by atoms with E-state index in [-0.39, 0.29) is 36.9 Å². The Balaban J connectivity index is 1.29. The predicted molar refractivity (Wildman–Crippen MR) is 124 cm³/mol. The molecule has 2 aromatic rings. The fraction of sp³-hybridized carbons (Fsp3) is 0.423. The average molecular weight is 451 g/mol. The van der Waals surface area contributed by atoms with Crippen molar-refractivity contribution in [1.29, 1.82) is 0 Å². The van der Waals surface area contributed by atoms with Gasteiger partial charge in [-0.25, -0.2) is 4.79 Å². The van der Waals surface area contributed by atoms with E-state index in [0.29, 0.717) is 19.3 Å². The highest BCUT2D eigenvalue weighted by molar-refractivity contribution is 5.80. The number of hydrogen-bond donors (Lipinski definition) is 2. The molecule has 2 aliphatic rings. The second-order valence-corrected chi connectivity index (χ2v) is 9.13. The van der Waals surface area contributed by atoms with E-state index in [4.69, 9.17) is 9.84 Å². The maximum atomic E-state index is 12.7. The lowest BCUT2D eigenvalue weighted by Gasteiger charge is -2.23. The summed E-state index contributed by atoms with van der Waals surface area (Å²) in [5.74, 6) is -1.81. The van der Waals surface area contributed by atoms with Crippen molar-refractivity contribution in [2.45, 2.75) is 38.1 Å². The van der Waals surface area contributed by atoms with Gasteiger partial charge >= 0.3 is 12.1 Å². The van der Waals surface area contributed by atoms with Crippen LogP contribution in [-0.2, 0) is 14.3 Å². The highest BCUT2D eigenvalue weighted by atomic mass is 16.5. The standard InChI is InChI=1S/C26H30N2O5/c1-16(25(30)31)14-28(2)24(29)17-11-12-18(13-17)27-26(32)33-15-23-21-9-5-3-7-19(21)20-8-4-6-10-22(20)23/h3-10,16-18,23H,11-15H2,1-2H3,(H,27,32)(H,30,31)/t16?,17-,18+/m1/s1. The minimum Gasteiger partial charge on any atom is -0.481 e. The molecule has 0 spiro atoms. The molecule has 174 valence electrons. The van der Waals surface area contributed by atoms with Crippen LogP contribution in [0.4, 0.5) is 4.79 Å². The largest absolute Gasteiger partial charge is 0.481 e. The molecule has 2 amide bonds. The molecule has 2 N–H and O–H groups in total. The molecule has 1 fully saturated rings. The third kappa shape index (κ3) is 4.87. The van der Waals surface area contributed by atoms with Crippen molar-refractivity contribution in [2.75, 3.05) is 20.2 Å². The van der Waals surface area contributed by atoms with Crippen molar-refractivity contribution < 1.29 is 24.2 Å². The molecule has 4 rings (SSSR count). The number of carboxylic acids is 1. The van der Waals surface area contributed by atoms with Gasteiger partial charge in [0.05, 0.1) is 5.92 Å². The molecule has 7 heteroatoms. The van der Waals surface area contributed by atoms with E-state index in [1.807, 2.05) is 24.3 Å².